The van der Waals surface area contributed by atoms with Gasteiger partial charge in [-0.15, -0.1) is 0 Å². The van der Waals surface area contributed by atoms with Crippen molar-refractivity contribution in [1.82, 2.24) is 15.0 Å². The Balaban J connectivity index is 1.37. The van der Waals surface area contributed by atoms with Gasteiger partial charge in [0.05, 0.1) is 29.4 Å². The van der Waals surface area contributed by atoms with E-state index < -0.39 is 0 Å². The van der Waals surface area contributed by atoms with Crippen LogP contribution in [0.1, 0.15) is 5.56 Å². The van der Waals surface area contributed by atoms with Gasteiger partial charge in [0.15, 0.2) is 5.65 Å². The van der Waals surface area contributed by atoms with Crippen LogP contribution in [0.3, 0.4) is 0 Å². The lowest BCUT2D eigenvalue weighted by molar-refractivity contribution is 0.122. The molecule has 0 aliphatic carbocycles. The minimum atomic E-state index is 0.120. The molecule has 5 rings (SSSR count). The lowest BCUT2D eigenvalue weighted by atomic mass is 10.1. The molecule has 164 valence electrons. The number of H-pyrrole nitrogens is 1. The molecule has 7 nitrogen and oxygen atoms in total. The summed E-state index contributed by atoms with van der Waals surface area (Å²) in [6.07, 6.45) is 0.615. The molecular formula is C24H23ClN4O3. The molecule has 0 amide bonds. The number of fused-ring (bicyclic) bond motifs is 1. The topological polar surface area (TPSA) is 83.5 Å². The highest BCUT2D eigenvalue weighted by Gasteiger charge is 2.14. The molecule has 0 bridgehead atoms. The van der Waals surface area contributed by atoms with Crippen molar-refractivity contribution in [3.05, 3.63) is 65.2 Å². The Morgan fingerprint density at radius 3 is 2.50 bits per heavy atom. The van der Waals surface area contributed by atoms with Gasteiger partial charge in [-0.05, 0) is 42.3 Å². The zero-order chi connectivity index (χ0) is 21.9. The number of aromatic amines is 1. The van der Waals surface area contributed by atoms with E-state index in [-0.39, 0.29) is 6.61 Å². The second-order valence-corrected chi connectivity index (χ2v) is 8.01. The van der Waals surface area contributed by atoms with Gasteiger partial charge in [-0.3, -0.25) is 0 Å². The predicted octanol–water partition coefficient (Wildman–Crippen LogP) is 4.44. The summed E-state index contributed by atoms with van der Waals surface area (Å²) in [6.45, 7) is 3.41. The standard InChI is InChI=1S/C24H23ClN4O3/c25-20-15-21-23(28-24(26-21)32-19-7-1-16(2-8-19)9-12-30)27-22(20)17-3-5-18(6-4-17)29-10-13-31-14-11-29/h1-8,15,30H,9-14H2,(H,26,27,28). The van der Waals surface area contributed by atoms with Crippen LogP contribution in [0.15, 0.2) is 54.6 Å². The lowest BCUT2D eigenvalue weighted by Crippen LogP contribution is -2.36. The highest BCUT2D eigenvalue weighted by Crippen LogP contribution is 2.31. The molecule has 1 saturated heterocycles. The van der Waals surface area contributed by atoms with Crippen LogP contribution in [-0.4, -0.2) is 53.0 Å². The van der Waals surface area contributed by atoms with Crippen molar-refractivity contribution < 1.29 is 14.6 Å². The van der Waals surface area contributed by atoms with Gasteiger partial charge < -0.3 is 24.5 Å². The predicted molar refractivity (Wildman–Crippen MR) is 125 cm³/mol. The number of aliphatic hydroxyl groups is 1. The summed E-state index contributed by atoms with van der Waals surface area (Å²) in [5, 5.41) is 9.58. The molecule has 0 radical (unpaired) electrons. The zero-order valence-corrected chi connectivity index (χ0v) is 18.2. The van der Waals surface area contributed by atoms with Crippen molar-refractivity contribution in [1.29, 1.82) is 0 Å². The molecule has 1 fully saturated rings. The van der Waals surface area contributed by atoms with Crippen molar-refractivity contribution in [2.24, 2.45) is 0 Å². The number of aromatic nitrogens is 3. The van der Waals surface area contributed by atoms with Crippen LogP contribution in [0.5, 0.6) is 11.8 Å². The summed E-state index contributed by atoms with van der Waals surface area (Å²) < 4.78 is 11.3. The largest absolute Gasteiger partial charge is 0.426 e. The van der Waals surface area contributed by atoms with Crippen molar-refractivity contribution in [3.8, 4) is 23.0 Å². The maximum absolute atomic E-state index is 9.03. The number of aliphatic hydroxyl groups excluding tert-OH is 1. The van der Waals surface area contributed by atoms with E-state index in [2.05, 4.69) is 32.0 Å². The van der Waals surface area contributed by atoms with E-state index in [1.54, 1.807) is 0 Å². The SMILES string of the molecule is OCCc1ccc(Oc2nc3nc(-c4ccc(N5CCOCC5)cc4)c(Cl)cc3[nH]2)cc1. The van der Waals surface area contributed by atoms with Crippen LogP contribution in [0, 0.1) is 0 Å². The van der Waals surface area contributed by atoms with E-state index in [0.717, 1.165) is 43.1 Å². The Morgan fingerprint density at radius 2 is 1.78 bits per heavy atom. The molecule has 0 unspecified atom stereocenters. The number of morpholine rings is 1. The minimum absolute atomic E-state index is 0.120. The fourth-order valence-electron chi connectivity index (χ4n) is 3.76. The molecule has 2 aromatic heterocycles. The number of ether oxygens (including phenoxy) is 2. The number of anilines is 1. The van der Waals surface area contributed by atoms with Gasteiger partial charge in [0.25, 0.3) is 0 Å². The number of rotatable bonds is 6. The molecule has 0 saturated carbocycles. The van der Waals surface area contributed by atoms with Crippen molar-refractivity contribution in [2.75, 3.05) is 37.8 Å². The molecule has 2 aromatic carbocycles. The Morgan fingerprint density at radius 1 is 1.03 bits per heavy atom. The first-order valence-electron chi connectivity index (χ1n) is 10.6. The highest BCUT2D eigenvalue weighted by molar-refractivity contribution is 6.33. The summed E-state index contributed by atoms with van der Waals surface area (Å²) >= 11 is 6.54. The molecule has 0 spiro atoms. The van der Waals surface area contributed by atoms with Gasteiger partial charge in [-0.2, -0.15) is 4.98 Å². The van der Waals surface area contributed by atoms with Crippen LogP contribution in [0.2, 0.25) is 5.02 Å². The summed E-state index contributed by atoms with van der Waals surface area (Å²) in [6, 6.07) is 17.9. The first kappa shape index (κ1) is 20.8. The molecule has 1 aliphatic heterocycles. The van der Waals surface area contributed by atoms with Crippen LogP contribution in [0.4, 0.5) is 5.69 Å². The Kier molecular flexibility index (Phi) is 5.94. The first-order chi connectivity index (χ1) is 15.7. The van der Waals surface area contributed by atoms with Crippen LogP contribution >= 0.6 is 11.6 Å². The minimum Gasteiger partial charge on any atom is -0.426 e. The Labute approximate surface area is 190 Å². The number of nitrogens with one attached hydrogen (secondary N) is 1. The Bertz CT molecular complexity index is 1200. The molecule has 4 aromatic rings. The zero-order valence-electron chi connectivity index (χ0n) is 17.4. The second-order valence-electron chi connectivity index (χ2n) is 7.60. The van der Waals surface area contributed by atoms with Gasteiger partial charge in [0.2, 0.25) is 0 Å². The lowest BCUT2D eigenvalue weighted by Gasteiger charge is -2.28. The second kappa shape index (κ2) is 9.16. The third kappa shape index (κ3) is 4.41. The first-order valence-corrected chi connectivity index (χ1v) is 10.9. The molecule has 0 atom stereocenters. The van der Waals surface area contributed by atoms with Gasteiger partial charge in [-0.25, -0.2) is 4.98 Å². The summed E-state index contributed by atoms with van der Waals surface area (Å²) in [5.74, 6) is 0.649. The average Bonchev–Trinajstić information content (AvgIpc) is 3.21. The van der Waals surface area contributed by atoms with E-state index >= 15 is 0 Å². The summed E-state index contributed by atoms with van der Waals surface area (Å²) in [7, 11) is 0. The van der Waals surface area contributed by atoms with E-state index in [0.29, 0.717) is 40.1 Å². The van der Waals surface area contributed by atoms with E-state index in [1.165, 1.54) is 0 Å². The molecule has 1 aliphatic rings. The molecule has 2 N–H and O–H groups in total. The quantitative estimate of drug-likeness (QED) is 0.451. The van der Waals surface area contributed by atoms with Crippen LogP contribution in [-0.2, 0) is 11.2 Å². The highest BCUT2D eigenvalue weighted by atomic mass is 35.5. The number of benzene rings is 2. The van der Waals surface area contributed by atoms with E-state index in [4.69, 9.17) is 26.2 Å². The number of hydrogen-bond acceptors (Lipinski definition) is 6. The third-order valence-electron chi connectivity index (χ3n) is 5.46. The van der Waals surface area contributed by atoms with Gasteiger partial charge in [0.1, 0.15) is 5.75 Å². The maximum atomic E-state index is 9.03. The number of halogens is 1. The molecular weight excluding hydrogens is 428 g/mol. The summed E-state index contributed by atoms with van der Waals surface area (Å²) in [4.78, 5) is 14.6. The number of imidazole rings is 1. The number of pyridine rings is 1. The number of hydrogen-bond donors (Lipinski definition) is 2. The van der Waals surface area contributed by atoms with Gasteiger partial charge in [-0.1, -0.05) is 35.9 Å². The summed E-state index contributed by atoms with van der Waals surface area (Å²) in [5.41, 5.74) is 5.05. The van der Waals surface area contributed by atoms with Crippen molar-refractivity contribution >= 4 is 28.5 Å². The van der Waals surface area contributed by atoms with Gasteiger partial charge >= 0.3 is 6.01 Å². The van der Waals surface area contributed by atoms with E-state index in [1.807, 2.05) is 42.5 Å². The van der Waals surface area contributed by atoms with Crippen molar-refractivity contribution in [3.63, 3.8) is 0 Å². The molecule has 3 heterocycles. The number of nitrogens with zero attached hydrogens (tertiary/aromatic N) is 3. The third-order valence-corrected chi connectivity index (χ3v) is 5.75. The van der Waals surface area contributed by atoms with Crippen LogP contribution in [0.25, 0.3) is 22.4 Å². The molecule has 8 heteroatoms. The monoisotopic (exact) mass is 450 g/mol. The van der Waals surface area contributed by atoms with E-state index in [9.17, 15) is 0 Å². The average molecular weight is 451 g/mol. The van der Waals surface area contributed by atoms with Crippen LogP contribution < -0.4 is 9.64 Å². The smallest absolute Gasteiger partial charge is 0.301 e. The van der Waals surface area contributed by atoms with Crippen molar-refractivity contribution in [2.45, 2.75) is 6.42 Å². The molecule has 32 heavy (non-hydrogen) atoms. The Hall–Kier alpha value is -3.13. The normalized spacial score (nSPS) is 14.1. The maximum Gasteiger partial charge on any atom is 0.301 e. The fraction of sp³-hybridized carbons (Fsp3) is 0.250. The van der Waals surface area contributed by atoms with Gasteiger partial charge in [0, 0.05) is 30.9 Å². The fourth-order valence-corrected chi connectivity index (χ4v) is 4.02.